The van der Waals surface area contributed by atoms with E-state index in [-0.39, 0.29) is 21.5 Å². The summed E-state index contributed by atoms with van der Waals surface area (Å²) in [6.07, 6.45) is 0. The Bertz CT molecular complexity index is 624. The standard InChI is InChI=1S/C8H8N4O3S2/c9-6-3-5(1-2-7(6)13)17(14,15)12-8-11-10-4-16-8/h1-4,13H,9H2,(H,11,12). The van der Waals surface area contributed by atoms with Crippen molar-refractivity contribution in [2.75, 3.05) is 10.5 Å². The van der Waals surface area contributed by atoms with E-state index in [4.69, 9.17) is 5.73 Å². The average Bonchev–Trinajstić information content (AvgIpc) is 2.73. The van der Waals surface area contributed by atoms with Crippen LogP contribution in [0.1, 0.15) is 0 Å². The maximum atomic E-state index is 11.9. The summed E-state index contributed by atoms with van der Waals surface area (Å²) in [6.45, 7) is 0. The van der Waals surface area contributed by atoms with E-state index in [2.05, 4.69) is 14.9 Å². The van der Waals surface area contributed by atoms with Crippen LogP contribution >= 0.6 is 11.3 Å². The Morgan fingerprint density at radius 1 is 1.41 bits per heavy atom. The number of aromatic hydroxyl groups is 1. The third-order valence-electron chi connectivity index (χ3n) is 1.89. The van der Waals surface area contributed by atoms with Crippen molar-refractivity contribution in [1.82, 2.24) is 10.2 Å². The molecule has 0 aliphatic carbocycles. The molecule has 0 bridgehead atoms. The van der Waals surface area contributed by atoms with Crippen LogP contribution in [0.4, 0.5) is 10.8 Å². The zero-order valence-corrected chi connectivity index (χ0v) is 9.99. The highest BCUT2D eigenvalue weighted by molar-refractivity contribution is 7.93. The van der Waals surface area contributed by atoms with Crippen LogP contribution < -0.4 is 10.5 Å². The van der Waals surface area contributed by atoms with E-state index in [0.29, 0.717) is 0 Å². The monoisotopic (exact) mass is 272 g/mol. The number of phenols is 1. The number of hydrogen-bond acceptors (Lipinski definition) is 7. The van der Waals surface area contributed by atoms with Gasteiger partial charge in [-0.05, 0) is 18.2 Å². The molecule has 0 unspecified atom stereocenters. The molecule has 0 amide bonds. The minimum Gasteiger partial charge on any atom is -0.506 e. The molecule has 2 aromatic rings. The first-order chi connectivity index (χ1) is 7.99. The van der Waals surface area contributed by atoms with Gasteiger partial charge in [-0.25, -0.2) is 8.42 Å². The smallest absolute Gasteiger partial charge is 0.263 e. The van der Waals surface area contributed by atoms with Gasteiger partial charge in [-0.3, -0.25) is 4.72 Å². The lowest BCUT2D eigenvalue weighted by atomic mass is 10.3. The van der Waals surface area contributed by atoms with E-state index in [1.807, 2.05) is 0 Å². The van der Waals surface area contributed by atoms with Gasteiger partial charge >= 0.3 is 0 Å². The van der Waals surface area contributed by atoms with Crippen LogP contribution in [0, 0.1) is 0 Å². The predicted molar refractivity (Wildman–Crippen MR) is 63.2 cm³/mol. The molecule has 0 aliphatic rings. The molecule has 7 nitrogen and oxygen atoms in total. The Labute approximate surface area is 101 Å². The molecular formula is C8H8N4O3S2. The van der Waals surface area contributed by atoms with Crippen molar-refractivity contribution >= 4 is 32.2 Å². The Morgan fingerprint density at radius 3 is 2.76 bits per heavy atom. The van der Waals surface area contributed by atoms with Gasteiger partial charge in [0, 0.05) is 0 Å². The third-order valence-corrected chi connectivity index (χ3v) is 3.96. The van der Waals surface area contributed by atoms with Crippen molar-refractivity contribution in [3.63, 3.8) is 0 Å². The van der Waals surface area contributed by atoms with Crippen LogP contribution in [0.5, 0.6) is 5.75 Å². The van der Waals surface area contributed by atoms with Crippen LogP contribution in [0.2, 0.25) is 0 Å². The van der Waals surface area contributed by atoms with Crippen molar-refractivity contribution in [1.29, 1.82) is 0 Å². The molecule has 0 aliphatic heterocycles. The zero-order valence-electron chi connectivity index (χ0n) is 8.36. The molecule has 9 heteroatoms. The molecule has 0 atom stereocenters. The maximum Gasteiger partial charge on any atom is 0.263 e. The summed E-state index contributed by atoms with van der Waals surface area (Å²) < 4.78 is 25.9. The van der Waals surface area contributed by atoms with Crippen LogP contribution in [0.3, 0.4) is 0 Å². The van der Waals surface area contributed by atoms with Gasteiger partial charge in [-0.1, -0.05) is 11.3 Å². The third kappa shape index (κ3) is 2.45. The van der Waals surface area contributed by atoms with Gasteiger partial charge in [0.1, 0.15) is 11.3 Å². The number of sulfonamides is 1. The Balaban J connectivity index is 2.35. The predicted octanol–water partition coefficient (Wildman–Crippen LogP) is 0.627. The lowest BCUT2D eigenvalue weighted by molar-refractivity contribution is 0.477. The number of nitrogens with zero attached hydrogens (tertiary/aromatic N) is 2. The molecule has 0 spiro atoms. The summed E-state index contributed by atoms with van der Waals surface area (Å²) in [5, 5.41) is 16.4. The second kappa shape index (κ2) is 4.18. The Kier molecular flexibility index (Phi) is 2.86. The Morgan fingerprint density at radius 2 is 2.18 bits per heavy atom. The van der Waals surface area contributed by atoms with E-state index >= 15 is 0 Å². The number of nitrogens with one attached hydrogen (secondary N) is 1. The molecule has 17 heavy (non-hydrogen) atoms. The maximum absolute atomic E-state index is 11.9. The quantitative estimate of drug-likeness (QED) is 0.557. The van der Waals surface area contributed by atoms with E-state index in [9.17, 15) is 13.5 Å². The fourth-order valence-corrected chi connectivity index (χ4v) is 2.82. The largest absolute Gasteiger partial charge is 0.506 e. The fourth-order valence-electron chi connectivity index (χ4n) is 1.09. The van der Waals surface area contributed by atoms with Crippen LogP contribution in [0.25, 0.3) is 0 Å². The number of nitrogen functional groups attached to an aromatic ring is 1. The first-order valence-electron chi connectivity index (χ1n) is 4.36. The zero-order chi connectivity index (χ0) is 12.5. The second-order valence-electron chi connectivity index (χ2n) is 3.07. The lowest BCUT2D eigenvalue weighted by Gasteiger charge is -2.06. The number of phenolic OH excluding ortho intramolecular Hbond substituents is 1. The lowest BCUT2D eigenvalue weighted by Crippen LogP contribution is -2.13. The highest BCUT2D eigenvalue weighted by atomic mass is 32.2. The van der Waals surface area contributed by atoms with Gasteiger partial charge in [0.05, 0.1) is 10.6 Å². The summed E-state index contributed by atoms with van der Waals surface area (Å²) in [5.74, 6) is -0.167. The molecule has 0 fully saturated rings. The summed E-state index contributed by atoms with van der Waals surface area (Å²) >= 11 is 1.06. The highest BCUT2D eigenvalue weighted by Crippen LogP contribution is 2.24. The molecule has 1 heterocycles. The van der Waals surface area contributed by atoms with Crippen LogP contribution in [-0.2, 0) is 10.0 Å². The molecule has 0 saturated heterocycles. The van der Waals surface area contributed by atoms with Crippen LogP contribution in [-0.4, -0.2) is 23.7 Å². The summed E-state index contributed by atoms with van der Waals surface area (Å²) in [5.41, 5.74) is 6.82. The average molecular weight is 272 g/mol. The van der Waals surface area contributed by atoms with E-state index in [1.165, 1.54) is 23.7 Å². The molecular weight excluding hydrogens is 264 g/mol. The molecule has 0 radical (unpaired) electrons. The number of rotatable bonds is 3. The van der Waals surface area contributed by atoms with Crippen molar-refractivity contribution in [2.24, 2.45) is 0 Å². The second-order valence-corrected chi connectivity index (χ2v) is 5.59. The molecule has 1 aromatic heterocycles. The van der Waals surface area contributed by atoms with Crippen molar-refractivity contribution in [3.05, 3.63) is 23.7 Å². The normalized spacial score (nSPS) is 11.3. The number of nitrogens with two attached hydrogens (primary N) is 1. The fraction of sp³-hybridized carbons (Fsp3) is 0. The van der Waals surface area contributed by atoms with Gasteiger partial charge in [0.2, 0.25) is 5.13 Å². The number of benzene rings is 1. The highest BCUT2D eigenvalue weighted by Gasteiger charge is 2.16. The van der Waals surface area contributed by atoms with E-state index in [0.717, 1.165) is 11.3 Å². The molecule has 0 saturated carbocycles. The van der Waals surface area contributed by atoms with Crippen molar-refractivity contribution < 1.29 is 13.5 Å². The summed E-state index contributed by atoms with van der Waals surface area (Å²) in [6, 6.07) is 3.62. The molecule has 4 N–H and O–H groups in total. The summed E-state index contributed by atoms with van der Waals surface area (Å²) in [4.78, 5) is -0.0528. The van der Waals surface area contributed by atoms with Gasteiger partial charge in [-0.2, -0.15) is 0 Å². The SMILES string of the molecule is Nc1cc(S(=O)(=O)Nc2nncs2)ccc1O. The van der Waals surface area contributed by atoms with E-state index < -0.39 is 10.0 Å². The van der Waals surface area contributed by atoms with Crippen molar-refractivity contribution in [2.45, 2.75) is 4.90 Å². The van der Waals surface area contributed by atoms with Crippen molar-refractivity contribution in [3.8, 4) is 5.75 Å². The summed E-state index contributed by atoms with van der Waals surface area (Å²) in [7, 11) is -3.76. The number of aromatic nitrogens is 2. The number of anilines is 2. The molecule has 1 aromatic carbocycles. The van der Waals surface area contributed by atoms with Crippen LogP contribution in [0.15, 0.2) is 28.6 Å². The Hall–Kier alpha value is -1.87. The van der Waals surface area contributed by atoms with E-state index in [1.54, 1.807) is 0 Å². The van der Waals surface area contributed by atoms with Gasteiger partial charge in [-0.15, -0.1) is 10.2 Å². The first kappa shape index (κ1) is 11.6. The first-order valence-corrected chi connectivity index (χ1v) is 6.73. The minimum absolute atomic E-state index is 0.00913. The van der Waals surface area contributed by atoms with Gasteiger partial charge in [0.25, 0.3) is 10.0 Å². The van der Waals surface area contributed by atoms with Gasteiger partial charge in [0.15, 0.2) is 0 Å². The van der Waals surface area contributed by atoms with Gasteiger partial charge < -0.3 is 10.8 Å². The molecule has 2 rings (SSSR count). The number of hydrogen-bond donors (Lipinski definition) is 3. The topological polar surface area (TPSA) is 118 Å². The minimum atomic E-state index is -3.76. The molecule has 90 valence electrons.